The predicted molar refractivity (Wildman–Crippen MR) is 122 cm³/mol. The minimum absolute atomic E-state index is 0.0916. The van der Waals surface area contributed by atoms with Crippen molar-refractivity contribution in [2.24, 2.45) is 5.41 Å². The topological polar surface area (TPSA) is 89.8 Å². The maximum Gasteiger partial charge on any atom is 0.229 e. The van der Waals surface area contributed by atoms with Gasteiger partial charge in [-0.1, -0.05) is 32.9 Å². The van der Waals surface area contributed by atoms with Crippen LogP contribution in [0.1, 0.15) is 41.5 Å². The number of sulfone groups is 1. The summed E-state index contributed by atoms with van der Waals surface area (Å²) in [7, 11) is -2.22. The molecule has 2 heterocycles. The molecule has 0 saturated carbocycles. The van der Waals surface area contributed by atoms with Crippen molar-refractivity contribution in [2.75, 3.05) is 12.4 Å². The van der Waals surface area contributed by atoms with Gasteiger partial charge in [-0.25, -0.2) is 13.4 Å². The number of nitrogens with zero attached hydrogens (tertiary/aromatic N) is 2. The van der Waals surface area contributed by atoms with E-state index in [1.807, 2.05) is 45.0 Å². The van der Waals surface area contributed by atoms with Gasteiger partial charge in [-0.05, 0) is 32.9 Å². The Bertz CT molecular complexity index is 1250. The van der Waals surface area contributed by atoms with Gasteiger partial charge in [0.2, 0.25) is 5.91 Å². The van der Waals surface area contributed by atoms with E-state index in [0.29, 0.717) is 17.0 Å². The van der Waals surface area contributed by atoms with Gasteiger partial charge in [-0.2, -0.15) is 0 Å². The summed E-state index contributed by atoms with van der Waals surface area (Å²) in [6.45, 7) is 10.5. The van der Waals surface area contributed by atoms with E-state index in [4.69, 9.17) is 4.74 Å². The average Bonchev–Trinajstić information content (AvgIpc) is 3.08. The normalized spacial score (nSPS) is 12.7. The number of carbonyl (C=O) groups excluding carboxylic acids is 1. The molecule has 8 heteroatoms. The van der Waals surface area contributed by atoms with Crippen molar-refractivity contribution in [3.05, 3.63) is 42.7 Å². The number of rotatable bonds is 4. The van der Waals surface area contributed by atoms with Crippen LogP contribution in [0.25, 0.3) is 16.9 Å². The van der Waals surface area contributed by atoms with Gasteiger partial charge >= 0.3 is 0 Å². The Kier molecular flexibility index (Phi) is 5.65. The molecule has 1 aromatic carbocycles. The highest BCUT2D eigenvalue weighted by atomic mass is 32.2. The molecule has 0 aliphatic carbocycles. The van der Waals surface area contributed by atoms with Crippen LogP contribution in [0.3, 0.4) is 0 Å². The van der Waals surface area contributed by atoms with Gasteiger partial charge in [-0.15, -0.1) is 0 Å². The van der Waals surface area contributed by atoms with Crippen LogP contribution in [0.15, 0.2) is 47.6 Å². The Morgan fingerprint density at radius 3 is 2.35 bits per heavy atom. The van der Waals surface area contributed by atoms with E-state index >= 15 is 0 Å². The summed E-state index contributed by atoms with van der Waals surface area (Å²) in [6.07, 6.45) is 3.23. The van der Waals surface area contributed by atoms with Crippen LogP contribution in [0, 0.1) is 5.41 Å². The highest BCUT2D eigenvalue weighted by Crippen LogP contribution is 2.34. The largest absolute Gasteiger partial charge is 0.495 e. The predicted octanol–water partition coefficient (Wildman–Crippen LogP) is 4.57. The van der Waals surface area contributed by atoms with Crippen LogP contribution in [0.5, 0.6) is 5.75 Å². The van der Waals surface area contributed by atoms with Gasteiger partial charge in [0.15, 0.2) is 9.84 Å². The first kappa shape index (κ1) is 22.8. The monoisotopic (exact) mass is 443 g/mol. The summed E-state index contributed by atoms with van der Waals surface area (Å²) in [5.74, 6) is 0.164. The van der Waals surface area contributed by atoms with Crippen molar-refractivity contribution in [2.45, 2.75) is 51.2 Å². The van der Waals surface area contributed by atoms with Crippen LogP contribution < -0.4 is 10.1 Å². The zero-order valence-corrected chi connectivity index (χ0v) is 19.8. The standard InChI is InChI=1S/C23H29N3O4S/c1-22(2,3)21(27)25-16-10-8-9-15(11-16)17-13-24-20-12-18(30-7)19(14-26(17)20)31(28,29)23(4,5)6/h8-14H,1-7H3,(H,25,27). The Hall–Kier alpha value is -2.87. The maximum atomic E-state index is 13.2. The minimum Gasteiger partial charge on any atom is -0.495 e. The molecule has 0 aliphatic heterocycles. The van der Waals surface area contributed by atoms with E-state index in [2.05, 4.69) is 10.3 Å². The highest BCUT2D eigenvalue weighted by Gasteiger charge is 2.34. The molecule has 0 fully saturated rings. The third kappa shape index (κ3) is 4.30. The third-order valence-electron chi connectivity index (χ3n) is 4.99. The number of methoxy groups -OCH3 is 1. The maximum absolute atomic E-state index is 13.2. The molecule has 0 saturated heterocycles. The van der Waals surface area contributed by atoms with Crippen molar-refractivity contribution in [3.63, 3.8) is 0 Å². The average molecular weight is 444 g/mol. The Balaban J connectivity index is 2.14. The van der Waals surface area contributed by atoms with E-state index in [9.17, 15) is 13.2 Å². The molecule has 0 spiro atoms. The summed E-state index contributed by atoms with van der Waals surface area (Å²) < 4.78 is 32.4. The van der Waals surface area contributed by atoms with Crippen LogP contribution in [-0.4, -0.2) is 35.6 Å². The molecule has 3 aromatic rings. The van der Waals surface area contributed by atoms with Gasteiger partial charge in [0, 0.05) is 28.9 Å². The quantitative estimate of drug-likeness (QED) is 0.638. The number of imidazole rings is 1. The smallest absolute Gasteiger partial charge is 0.229 e. The van der Waals surface area contributed by atoms with Crippen LogP contribution >= 0.6 is 0 Å². The van der Waals surface area contributed by atoms with Crippen molar-refractivity contribution in [1.29, 1.82) is 0 Å². The number of benzene rings is 1. The highest BCUT2D eigenvalue weighted by molar-refractivity contribution is 7.92. The molecule has 166 valence electrons. The summed E-state index contributed by atoms with van der Waals surface area (Å²) >= 11 is 0. The number of amides is 1. The van der Waals surface area contributed by atoms with Crippen molar-refractivity contribution >= 4 is 27.1 Å². The van der Waals surface area contributed by atoms with Crippen molar-refractivity contribution in [1.82, 2.24) is 9.38 Å². The fraction of sp³-hybridized carbons (Fsp3) is 0.391. The van der Waals surface area contributed by atoms with Crippen molar-refractivity contribution < 1.29 is 17.9 Å². The fourth-order valence-electron chi connectivity index (χ4n) is 2.97. The van der Waals surface area contributed by atoms with Crippen LogP contribution in [-0.2, 0) is 14.6 Å². The molecule has 0 atom stereocenters. The summed E-state index contributed by atoms with van der Waals surface area (Å²) in [5, 5.41) is 2.92. The van der Waals surface area contributed by atoms with Gasteiger partial charge < -0.3 is 10.1 Å². The molecule has 2 aromatic heterocycles. The fourth-order valence-corrected chi connectivity index (χ4v) is 4.28. The molecule has 0 radical (unpaired) electrons. The number of pyridine rings is 1. The zero-order valence-electron chi connectivity index (χ0n) is 19.0. The summed E-state index contributed by atoms with van der Waals surface area (Å²) in [6, 6.07) is 9.00. The minimum atomic E-state index is -3.66. The number of carbonyl (C=O) groups is 1. The lowest BCUT2D eigenvalue weighted by atomic mass is 9.95. The SMILES string of the molecule is COc1cc2ncc(-c3cccc(NC(=O)C(C)(C)C)c3)n2cc1S(=O)(=O)C(C)(C)C. The second kappa shape index (κ2) is 7.67. The molecular formula is C23H29N3O4S. The van der Waals surface area contributed by atoms with Crippen LogP contribution in [0.4, 0.5) is 5.69 Å². The van der Waals surface area contributed by atoms with Crippen molar-refractivity contribution in [3.8, 4) is 17.0 Å². The number of hydrogen-bond donors (Lipinski definition) is 1. The van der Waals surface area contributed by atoms with E-state index in [-0.39, 0.29) is 16.6 Å². The van der Waals surface area contributed by atoms with Gasteiger partial charge in [-0.3, -0.25) is 9.20 Å². The van der Waals surface area contributed by atoms with Gasteiger partial charge in [0.25, 0.3) is 0 Å². The number of fused-ring (bicyclic) bond motifs is 1. The second-order valence-electron chi connectivity index (χ2n) is 9.48. The van der Waals surface area contributed by atoms with E-state index < -0.39 is 20.0 Å². The molecular weight excluding hydrogens is 414 g/mol. The Morgan fingerprint density at radius 2 is 1.77 bits per heavy atom. The number of aromatic nitrogens is 2. The van der Waals surface area contributed by atoms with Gasteiger partial charge in [0.1, 0.15) is 16.3 Å². The lowest BCUT2D eigenvalue weighted by molar-refractivity contribution is -0.123. The third-order valence-corrected chi connectivity index (χ3v) is 7.49. The van der Waals surface area contributed by atoms with E-state index in [1.54, 1.807) is 43.6 Å². The molecule has 0 bridgehead atoms. The lowest BCUT2D eigenvalue weighted by Gasteiger charge is -2.21. The van der Waals surface area contributed by atoms with Gasteiger partial charge in [0.05, 0.1) is 23.7 Å². The van der Waals surface area contributed by atoms with E-state index in [1.165, 1.54) is 7.11 Å². The molecule has 1 N–H and O–H groups in total. The molecule has 0 unspecified atom stereocenters. The number of nitrogens with one attached hydrogen (secondary N) is 1. The first-order valence-corrected chi connectivity index (χ1v) is 11.5. The summed E-state index contributed by atoms with van der Waals surface area (Å²) in [5.41, 5.74) is 2.19. The number of anilines is 1. The molecule has 3 rings (SSSR count). The molecule has 0 aliphatic rings. The first-order valence-electron chi connectivity index (χ1n) is 9.97. The number of hydrogen-bond acceptors (Lipinski definition) is 5. The number of ether oxygens (including phenoxy) is 1. The second-order valence-corrected chi connectivity index (χ2v) is 12.1. The molecule has 7 nitrogen and oxygen atoms in total. The Labute approximate surface area is 183 Å². The Morgan fingerprint density at radius 1 is 1.10 bits per heavy atom. The summed E-state index contributed by atoms with van der Waals surface area (Å²) in [4.78, 5) is 16.9. The first-order chi connectivity index (χ1) is 14.3. The van der Waals surface area contributed by atoms with Crippen LogP contribution in [0.2, 0.25) is 0 Å². The lowest BCUT2D eigenvalue weighted by Crippen LogP contribution is -2.28. The molecule has 31 heavy (non-hydrogen) atoms. The van der Waals surface area contributed by atoms with E-state index in [0.717, 1.165) is 5.56 Å². The zero-order chi connectivity index (χ0) is 23.2. The molecule has 1 amide bonds.